The molecule has 1 saturated heterocycles. The maximum absolute atomic E-state index is 11.4. The third-order valence-electron chi connectivity index (χ3n) is 2.73. The Labute approximate surface area is 103 Å². The van der Waals surface area contributed by atoms with Crippen molar-refractivity contribution in [3.05, 3.63) is 29.8 Å². The van der Waals surface area contributed by atoms with Gasteiger partial charge in [-0.2, -0.15) is 5.26 Å². The van der Waals surface area contributed by atoms with Gasteiger partial charge >= 0.3 is 5.97 Å². The number of carbonyl (C=O) groups is 2. The first kappa shape index (κ1) is 11.9. The molecule has 1 aliphatic heterocycles. The second kappa shape index (κ2) is 4.75. The van der Waals surface area contributed by atoms with Gasteiger partial charge in [0.1, 0.15) is 6.04 Å². The second-order valence-electron chi connectivity index (χ2n) is 4.00. The van der Waals surface area contributed by atoms with Crippen LogP contribution in [0.1, 0.15) is 5.56 Å². The number of anilines is 1. The van der Waals surface area contributed by atoms with E-state index in [1.807, 2.05) is 6.07 Å². The third-order valence-corrected chi connectivity index (χ3v) is 2.73. The van der Waals surface area contributed by atoms with Crippen molar-refractivity contribution in [3.63, 3.8) is 0 Å². The number of carbonyl (C=O) groups excluding carboxylic acids is 1. The molecule has 6 nitrogen and oxygen atoms in total. The molecule has 6 heteroatoms. The van der Waals surface area contributed by atoms with Crippen LogP contribution in [0.15, 0.2) is 24.3 Å². The fraction of sp³-hybridized carbons (Fsp3) is 0.250. The molecule has 1 atom stereocenters. The van der Waals surface area contributed by atoms with E-state index in [9.17, 15) is 9.59 Å². The minimum atomic E-state index is -1.05. The molecular weight excluding hydrogens is 234 g/mol. The lowest BCUT2D eigenvalue weighted by Crippen LogP contribution is -2.57. The number of amides is 1. The van der Waals surface area contributed by atoms with Gasteiger partial charge in [0.05, 0.1) is 18.2 Å². The number of piperazine rings is 1. The number of nitrogens with one attached hydrogen (secondary N) is 1. The quantitative estimate of drug-likeness (QED) is 0.761. The summed E-state index contributed by atoms with van der Waals surface area (Å²) in [6, 6.07) is 7.78. The molecule has 1 aromatic carbocycles. The zero-order valence-corrected chi connectivity index (χ0v) is 9.46. The van der Waals surface area contributed by atoms with Crippen LogP contribution in [0.25, 0.3) is 0 Å². The second-order valence-corrected chi connectivity index (χ2v) is 4.00. The maximum Gasteiger partial charge on any atom is 0.328 e. The van der Waals surface area contributed by atoms with Gasteiger partial charge in [-0.05, 0) is 24.3 Å². The fourth-order valence-electron chi connectivity index (χ4n) is 1.83. The number of aliphatic carboxylic acids is 1. The number of carboxylic acid groups (broad SMARTS) is 1. The summed E-state index contributed by atoms with van der Waals surface area (Å²) >= 11 is 0. The van der Waals surface area contributed by atoms with Crippen molar-refractivity contribution in [1.29, 1.82) is 5.26 Å². The van der Waals surface area contributed by atoms with Crippen LogP contribution in [0.3, 0.4) is 0 Å². The summed E-state index contributed by atoms with van der Waals surface area (Å²) in [5.41, 5.74) is 1.25. The molecule has 1 heterocycles. The van der Waals surface area contributed by atoms with Gasteiger partial charge in [-0.25, -0.2) is 4.79 Å². The zero-order chi connectivity index (χ0) is 13.1. The molecule has 0 bridgehead atoms. The number of hydrogen-bond acceptors (Lipinski definition) is 4. The highest BCUT2D eigenvalue weighted by molar-refractivity contribution is 5.89. The van der Waals surface area contributed by atoms with Crippen molar-refractivity contribution in [2.75, 3.05) is 18.0 Å². The van der Waals surface area contributed by atoms with Gasteiger partial charge in [0.15, 0.2) is 0 Å². The van der Waals surface area contributed by atoms with Gasteiger partial charge < -0.3 is 15.3 Å². The van der Waals surface area contributed by atoms with Crippen LogP contribution < -0.4 is 10.2 Å². The molecule has 2 rings (SSSR count). The predicted octanol–water partition coefficient (Wildman–Crippen LogP) is -0.0523. The number of nitrogens with zero attached hydrogens (tertiary/aromatic N) is 2. The highest BCUT2D eigenvalue weighted by Crippen LogP contribution is 2.17. The molecule has 18 heavy (non-hydrogen) atoms. The van der Waals surface area contributed by atoms with E-state index in [1.54, 1.807) is 29.2 Å². The largest absolute Gasteiger partial charge is 0.480 e. The van der Waals surface area contributed by atoms with Crippen molar-refractivity contribution < 1.29 is 14.7 Å². The molecule has 0 radical (unpaired) electrons. The van der Waals surface area contributed by atoms with Crippen LogP contribution >= 0.6 is 0 Å². The van der Waals surface area contributed by atoms with E-state index in [4.69, 9.17) is 10.4 Å². The Hall–Kier alpha value is -2.55. The molecule has 92 valence electrons. The summed E-state index contributed by atoms with van der Waals surface area (Å²) in [6.07, 6.45) is 0. The topological polar surface area (TPSA) is 93.4 Å². The molecular formula is C12H11N3O3. The fourth-order valence-corrected chi connectivity index (χ4v) is 1.83. The first-order valence-corrected chi connectivity index (χ1v) is 5.37. The summed E-state index contributed by atoms with van der Waals surface area (Å²) in [6.45, 7) is 0.336. The Morgan fingerprint density at radius 2 is 2.11 bits per heavy atom. The Bertz CT molecular complexity index is 518. The zero-order valence-electron chi connectivity index (χ0n) is 9.46. The van der Waals surface area contributed by atoms with E-state index in [2.05, 4.69) is 5.32 Å². The van der Waals surface area contributed by atoms with Crippen molar-refractivity contribution >= 4 is 17.6 Å². The monoisotopic (exact) mass is 245 g/mol. The Morgan fingerprint density at radius 3 is 2.67 bits per heavy atom. The molecule has 1 aromatic rings. The van der Waals surface area contributed by atoms with Gasteiger partial charge in [-0.15, -0.1) is 0 Å². The number of rotatable bonds is 2. The lowest BCUT2D eigenvalue weighted by atomic mass is 10.1. The predicted molar refractivity (Wildman–Crippen MR) is 62.9 cm³/mol. The molecule has 1 aliphatic rings. The molecule has 0 aliphatic carbocycles. The summed E-state index contributed by atoms with van der Waals surface area (Å²) in [7, 11) is 0. The summed E-state index contributed by atoms with van der Waals surface area (Å²) in [5, 5.41) is 20.0. The van der Waals surface area contributed by atoms with Gasteiger partial charge in [0.2, 0.25) is 5.91 Å². The van der Waals surface area contributed by atoms with E-state index in [0.29, 0.717) is 5.56 Å². The van der Waals surface area contributed by atoms with Crippen LogP contribution in [0.4, 0.5) is 5.69 Å². The minimum Gasteiger partial charge on any atom is -0.480 e. The summed E-state index contributed by atoms with van der Waals surface area (Å²) < 4.78 is 0. The highest BCUT2D eigenvalue weighted by Gasteiger charge is 2.29. The van der Waals surface area contributed by atoms with Crippen LogP contribution in [0.2, 0.25) is 0 Å². The Morgan fingerprint density at radius 1 is 1.44 bits per heavy atom. The first-order chi connectivity index (χ1) is 8.60. The Balaban J connectivity index is 2.19. The molecule has 0 aromatic heterocycles. The van der Waals surface area contributed by atoms with E-state index in [-0.39, 0.29) is 19.0 Å². The molecule has 1 unspecified atom stereocenters. The van der Waals surface area contributed by atoms with E-state index in [0.717, 1.165) is 5.69 Å². The average molecular weight is 245 g/mol. The van der Waals surface area contributed by atoms with Crippen molar-refractivity contribution in [2.24, 2.45) is 0 Å². The Kier molecular flexibility index (Phi) is 3.15. The third kappa shape index (κ3) is 2.40. The summed E-state index contributed by atoms with van der Waals surface area (Å²) in [5.74, 6) is -1.38. The van der Waals surface area contributed by atoms with E-state index in [1.165, 1.54) is 0 Å². The lowest BCUT2D eigenvalue weighted by molar-refractivity contribution is -0.142. The standard InChI is InChI=1S/C12H11N3O3/c13-5-8-1-3-9(4-2-8)15-6-10(12(17)18)14-11(16)7-15/h1-4,10H,6-7H2,(H,14,16)(H,17,18). The first-order valence-electron chi connectivity index (χ1n) is 5.37. The number of benzene rings is 1. The van der Waals surface area contributed by atoms with Gasteiger partial charge in [0, 0.05) is 12.2 Å². The summed E-state index contributed by atoms with van der Waals surface area (Å²) in [4.78, 5) is 24.0. The lowest BCUT2D eigenvalue weighted by Gasteiger charge is -2.32. The molecule has 1 amide bonds. The average Bonchev–Trinajstić information content (AvgIpc) is 2.38. The van der Waals surface area contributed by atoms with E-state index < -0.39 is 12.0 Å². The van der Waals surface area contributed by atoms with E-state index >= 15 is 0 Å². The van der Waals surface area contributed by atoms with Crippen LogP contribution in [-0.4, -0.2) is 36.1 Å². The SMILES string of the molecule is N#Cc1ccc(N2CC(=O)NC(C(=O)O)C2)cc1. The molecule has 2 N–H and O–H groups in total. The number of carboxylic acids is 1. The number of nitriles is 1. The van der Waals surface area contributed by atoms with Crippen LogP contribution in [0.5, 0.6) is 0 Å². The van der Waals surface area contributed by atoms with Crippen LogP contribution in [0, 0.1) is 11.3 Å². The van der Waals surface area contributed by atoms with Gasteiger partial charge in [0.25, 0.3) is 0 Å². The van der Waals surface area contributed by atoms with Crippen molar-refractivity contribution in [1.82, 2.24) is 5.32 Å². The highest BCUT2D eigenvalue weighted by atomic mass is 16.4. The smallest absolute Gasteiger partial charge is 0.328 e. The normalized spacial score (nSPS) is 18.9. The van der Waals surface area contributed by atoms with Crippen LogP contribution in [-0.2, 0) is 9.59 Å². The number of hydrogen-bond donors (Lipinski definition) is 2. The van der Waals surface area contributed by atoms with Gasteiger partial charge in [-0.3, -0.25) is 4.79 Å². The van der Waals surface area contributed by atoms with Crippen molar-refractivity contribution in [2.45, 2.75) is 6.04 Å². The minimum absolute atomic E-state index is 0.121. The molecule has 1 fully saturated rings. The van der Waals surface area contributed by atoms with Gasteiger partial charge in [-0.1, -0.05) is 0 Å². The molecule has 0 spiro atoms. The molecule has 0 saturated carbocycles. The van der Waals surface area contributed by atoms with Crippen molar-refractivity contribution in [3.8, 4) is 6.07 Å². The maximum atomic E-state index is 11.4.